The molecule has 0 aliphatic carbocycles. The molecule has 3 atom stereocenters. The number of rotatable bonds is 2. The summed E-state index contributed by atoms with van der Waals surface area (Å²) in [7, 11) is 0. The quantitative estimate of drug-likeness (QED) is 0.254. The number of β-amino-alcohol motifs (C(OH)–C–C–N with tert-alkyl or cyclic N) is 1. The summed E-state index contributed by atoms with van der Waals surface area (Å²) < 4.78 is 10.1. The molecule has 0 spiro atoms. The van der Waals surface area contributed by atoms with Gasteiger partial charge in [0.25, 0.3) is 0 Å². The molecule has 2 fully saturated rings. The molecule has 2 aliphatic rings. The first kappa shape index (κ1) is 38.9. The van der Waals surface area contributed by atoms with Crippen molar-refractivity contribution in [3.8, 4) is 0 Å². The molecule has 14 heteroatoms. The second-order valence-corrected chi connectivity index (χ2v) is 10.4. The SMILES string of the molecule is CC(C)(C)OC(=O)N1CC(=O)CC1C(=O)O.CC(C)(C)OC(=O)N1C[C@](C)(O)CC1C(=O)O.[Br-].[CH3-].[Mg+2]. The summed E-state index contributed by atoms with van der Waals surface area (Å²) in [5, 5.41) is 27.7. The number of nitrogens with zero attached hydrogens (tertiary/aromatic N) is 2. The molecule has 0 bridgehead atoms. The second kappa shape index (κ2) is 14.3. The fourth-order valence-electron chi connectivity index (χ4n) is 3.22. The minimum Gasteiger partial charge on any atom is -1.00 e. The Labute approximate surface area is 238 Å². The van der Waals surface area contributed by atoms with Gasteiger partial charge >= 0.3 is 47.2 Å². The number of ether oxygens (including phenoxy) is 2. The molecule has 12 nitrogen and oxygen atoms in total. The minimum absolute atomic E-state index is 0. The summed E-state index contributed by atoms with van der Waals surface area (Å²) in [6.45, 7) is 11.4. The first-order chi connectivity index (χ1) is 14.7. The number of aliphatic hydroxyl groups is 1. The van der Waals surface area contributed by atoms with Gasteiger partial charge in [-0.05, 0) is 48.5 Å². The standard InChI is InChI=1S/C11H19NO5.C10H15NO5.CH3.BrH.Mg/c1-10(2,3)17-9(15)12-6-11(4,16)5-7(12)8(13)14;1-10(2,3)16-9(15)11-5-6(12)4-7(11)8(13)14;;;/h7,16H,5-6H2,1-4H3,(H,13,14);7H,4-5H2,1-3H3,(H,13,14);1H3;1H;/q;;-1;;+2/p-1/t7?,11-;;;;/m1..../s1. The summed E-state index contributed by atoms with van der Waals surface area (Å²) in [4.78, 5) is 58.4. The van der Waals surface area contributed by atoms with E-state index in [1.54, 1.807) is 41.5 Å². The molecular formula is C22H37BrMgN2O10. The Balaban J connectivity index is -0.000000559. The Morgan fingerprint density at radius 1 is 0.889 bits per heavy atom. The number of likely N-dealkylation sites (tertiary alicyclic amines) is 2. The largest absolute Gasteiger partial charge is 2.00 e. The summed E-state index contributed by atoms with van der Waals surface area (Å²) in [6, 6.07) is -2.12. The van der Waals surface area contributed by atoms with E-state index in [0.717, 1.165) is 9.80 Å². The number of halogens is 1. The zero-order valence-corrected chi connectivity index (χ0v) is 25.2. The number of aliphatic carboxylic acids is 2. The van der Waals surface area contributed by atoms with Crippen molar-refractivity contribution in [2.75, 3.05) is 13.1 Å². The molecule has 0 aromatic carbocycles. The zero-order valence-electron chi connectivity index (χ0n) is 22.2. The number of ketones is 1. The molecule has 0 aromatic rings. The zero-order chi connectivity index (χ0) is 25.9. The van der Waals surface area contributed by atoms with E-state index >= 15 is 0 Å². The normalized spacial score (nSPS) is 23.2. The van der Waals surface area contributed by atoms with E-state index in [1.165, 1.54) is 6.92 Å². The second-order valence-electron chi connectivity index (χ2n) is 10.4. The maximum absolute atomic E-state index is 11.8. The van der Waals surface area contributed by atoms with E-state index in [0.29, 0.717) is 0 Å². The van der Waals surface area contributed by atoms with Gasteiger partial charge in [-0.2, -0.15) is 0 Å². The van der Waals surface area contributed by atoms with Crippen LogP contribution in [-0.2, 0) is 23.9 Å². The number of carboxylic acids is 2. The average Bonchev–Trinajstić information content (AvgIpc) is 3.12. The van der Waals surface area contributed by atoms with Gasteiger partial charge in [-0.15, -0.1) is 0 Å². The van der Waals surface area contributed by atoms with Crippen molar-refractivity contribution in [2.24, 2.45) is 0 Å². The third kappa shape index (κ3) is 12.5. The van der Waals surface area contributed by atoms with Crippen LogP contribution in [0.1, 0.15) is 61.3 Å². The minimum atomic E-state index is -1.18. The van der Waals surface area contributed by atoms with E-state index in [-0.39, 0.29) is 79.2 Å². The molecule has 0 aromatic heterocycles. The molecule has 36 heavy (non-hydrogen) atoms. The molecule has 2 heterocycles. The Morgan fingerprint density at radius 2 is 1.28 bits per heavy atom. The van der Waals surface area contributed by atoms with Crippen molar-refractivity contribution in [1.29, 1.82) is 0 Å². The van der Waals surface area contributed by atoms with Crippen molar-refractivity contribution in [3.05, 3.63) is 7.43 Å². The van der Waals surface area contributed by atoms with Crippen LogP contribution in [0.15, 0.2) is 0 Å². The van der Waals surface area contributed by atoms with Crippen molar-refractivity contribution < 1.29 is 65.7 Å². The molecular weight excluding hydrogens is 556 g/mol. The van der Waals surface area contributed by atoms with E-state index in [1.807, 2.05) is 0 Å². The van der Waals surface area contributed by atoms with Gasteiger partial charge in [0.05, 0.1) is 18.7 Å². The number of carbonyl (C=O) groups excluding carboxylic acids is 3. The fraction of sp³-hybridized carbons (Fsp3) is 0.727. The number of carboxylic acid groups (broad SMARTS) is 2. The Morgan fingerprint density at radius 3 is 1.64 bits per heavy atom. The Bertz CT molecular complexity index is 808. The van der Waals surface area contributed by atoms with Gasteiger partial charge in [0.15, 0.2) is 5.78 Å². The predicted molar refractivity (Wildman–Crippen MR) is 126 cm³/mol. The van der Waals surface area contributed by atoms with Crippen LogP contribution in [0.25, 0.3) is 0 Å². The van der Waals surface area contributed by atoms with Crippen LogP contribution in [0.2, 0.25) is 0 Å². The van der Waals surface area contributed by atoms with E-state index in [2.05, 4.69) is 0 Å². The number of Topliss-reactive ketones (excluding diaryl/α,β-unsaturated/α-hetero) is 1. The average molecular weight is 594 g/mol. The van der Waals surface area contributed by atoms with Crippen LogP contribution in [0.5, 0.6) is 0 Å². The Hall–Kier alpha value is -1.64. The maximum Gasteiger partial charge on any atom is 2.00 e. The van der Waals surface area contributed by atoms with Crippen LogP contribution in [0.3, 0.4) is 0 Å². The molecule has 0 saturated carbocycles. The van der Waals surface area contributed by atoms with Gasteiger partial charge in [-0.25, -0.2) is 19.2 Å². The van der Waals surface area contributed by atoms with E-state index in [9.17, 15) is 29.1 Å². The first-order valence-corrected chi connectivity index (χ1v) is 10.4. The van der Waals surface area contributed by atoms with E-state index < -0.39 is 53.0 Å². The molecule has 3 N–H and O–H groups in total. The number of amides is 2. The van der Waals surface area contributed by atoms with Crippen LogP contribution in [0.4, 0.5) is 9.59 Å². The summed E-state index contributed by atoms with van der Waals surface area (Å²) in [5.74, 6) is -2.58. The van der Waals surface area contributed by atoms with Crippen LogP contribution in [0, 0.1) is 7.43 Å². The molecule has 0 radical (unpaired) electrons. The van der Waals surface area contributed by atoms with Gasteiger partial charge in [0.2, 0.25) is 0 Å². The van der Waals surface area contributed by atoms with Gasteiger partial charge in [0, 0.05) is 12.8 Å². The van der Waals surface area contributed by atoms with Gasteiger partial charge in [-0.3, -0.25) is 14.6 Å². The van der Waals surface area contributed by atoms with Crippen LogP contribution < -0.4 is 17.0 Å². The fourth-order valence-corrected chi connectivity index (χ4v) is 3.22. The monoisotopic (exact) mass is 592 g/mol. The third-order valence-corrected chi connectivity index (χ3v) is 4.49. The molecule has 204 valence electrons. The molecule has 2 unspecified atom stereocenters. The number of hydrogen-bond acceptors (Lipinski definition) is 8. The van der Waals surface area contributed by atoms with Gasteiger partial charge < -0.3 is 49.2 Å². The smallest absolute Gasteiger partial charge is 1.00 e. The van der Waals surface area contributed by atoms with Crippen molar-refractivity contribution in [3.63, 3.8) is 0 Å². The van der Waals surface area contributed by atoms with Gasteiger partial charge in [-0.1, -0.05) is 0 Å². The molecule has 2 saturated heterocycles. The first-order valence-electron chi connectivity index (χ1n) is 10.4. The van der Waals surface area contributed by atoms with Crippen LogP contribution >= 0.6 is 0 Å². The summed E-state index contributed by atoms with van der Waals surface area (Å²) in [5.41, 5.74) is -2.57. The Kier molecular flexibility index (Phi) is 15.5. The van der Waals surface area contributed by atoms with Crippen molar-refractivity contribution >= 4 is 53.0 Å². The molecule has 2 amide bonds. The summed E-state index contributed by atoms with van der Waals surface area (Å²) in [6.07, 6.45) is -1.59. The number of carbonyl (C=O) groups is 5. The molecule has 2 rings (SSSR count). The van der Waals surface area contributed by atoms with E-state index in [4.69, 9.17) is 19.7 Å². The predicted octanol–water partition coefficient (Wildman–Crippen LogP) is -1.45. The number of hydrogen-bond donors (Lipinski definition) is 3. The third-order valence-electron chi connectivity index (χ3n) is 4.49. The topological polar surface area (TPSA) is 171 Å². The molecule has 2 aliphatic heterocycles. The maximum atomic E-state index is 11.8. The van der Waals surface area contributed by atoms with Gasteiger partial charge in [0.1, 0.15) is 23.3 Å². The van der Waals surface area contributed by atoms with Crippen molar-refractivity contribution in [2.45, 2.75) is 90.2 Å². The summed E-state index contributed by atoms with van der Waals surface area (Å²) >= 11 is 0. The van der Waals surface area contributed by atoms with Crippen molar-refractivity contribution in [1.82, 2.24) is 9.80 Å². The van der Waals surface area contributed by atoms with Crippen LogP contribution in [-0.4, -0.2) is 120 Å².